The second-order valence-electron chi connectivity index (χ2n) is 5.52. The Morgan fingerprint density at radius 1 is 0.960 bits per heavy atom. The first-order valence-electron chi connectivity index (χ1n) is 7.64. The lowest BCUT2D eigenvalue weighted by atomic mass is 10.0. The minimum absolute atomic E-state index is 0.0231. The molecule has 0 aliphatic carbocycles. The number of nitrogen functional groups attached to an aromatic ring is 1. The fourth-order valence-corrected chi connectivity index (χ4v) is 2.66. The summed E-state index contributed by atoms with van der Waals surface area (Å²) in [6.45, 7) is 0. The molecule has 5 heteroatoms. The van der Waals surface area contributed by atoms with Gasteiger partial charge in [-0.15, -0.1) is 0 Å². The van der Waals surface area contributed by atoms with Crippen molar-refractivity contribution >= 4 is 23.3 Å². The van der Waals surface area contributed by atoms with Gasteiger partial charge in [0.2, 0.25) is 0 Å². The first-order valence-corrected chi connectivity index (χ1v) is 8.02. The molecule has 3 N–H and O–H groups in total. The molecule has 3 aromatic carbocycles. The molecule has 1 unspecified atom stereocenters. The normalized spacial score (nSPS) is 11.7. The van der Waals surface area contributed by atoms with Crippen molar-refractivity contribution in [3.05, 3.63) is 94.5 Å². The van der Waals surface area contributed by atoms with Gasteiger partial charge in [-0.3, -0.25) is 0 Å². The van der Waals surface area contributed by atoms with Gasteiger partial charge in [-0.1, -0.05) is 54.1 Å². The zero-order valence-electron chi connectivity index (χ0n) is 13.2. The number of aromatic carboxylic acids is 1. The number of ether oxygens (including phenoxy) is 1. The van der Waals surface area contributed by atoms with Crippen molar-refractivity contribution < 1.29 is 14.6 Å². The van der Waals surface area contributed by atoms with Gasteiger partial charge >= 0.3 is 5.97 Å². The highest BCUT2D eigenvalue weighted by atomic mass is 35.5. The SMILES string of the molecule is Nc1ccc(OC(c2ccccc2)c2ccc(Cl)cc2)c(C(=O)O)c1. The molecule has 25 heavy (non-hydrogen) atoms. The van der Waals surface area contributed by atoms with Gasteiger partial charge in [0, 0.05) is 10.7 Å². The van der Waals surface area contributed by atoms with E-state index in [0.29, 0.717) is 10.7 Å². The van der Waals surface area contributed by atoms with E-state index in [4.69, 9.17) is 22.1 Å². The van der Waals surface area contributed by atoms with E-state index in [-0.39, 0.29) is 11.3 Å². The van der Waals surface area contributed by atoms with Crippen LogP contribution in [0.4, 0.5) is 5.69 Å². The van der Waals surface area contributed by atoms with Gasteiger partial charge in [-0.05, 0) is 41.5 Å². The van der Waals surface area contributed by atoms with Crippen LogP contribution in [0, 0.1) is 0 Å². The Morgan fingerprint density at radius 2 is 1.60 bits per heavy atom. The van der Waals surface area contributed by atoms with Gasteiger partial charge < -0.3 is 15.6 Å². The molecular weight excluding hydrogens is 338 g/mol. The maximum absolute atomic E-state index is 11.5. The molecule has 0 radical (unpaired) electrons. The second-order valence-corrected chi connectivity index (χ2v) is 5.96. The predicted molar refractivity (Wildman–Crippen MR) is 98.2 cm³/mol. The lowest BCUT2D eigenvalue weighted by Crippen LogP contribution is -2.12. The van der Waals surface area contributed by atoms with Crippen molar-refractivity contribution in [2.75, 3.05) is 5.73 Å². The molecule has 0 spiro atoms. The predicted octanol–water partition coefficient (Wildman–Crippen LogP) is 4.79. The largest absolute Gasteiger partial charge is 0.480 e. The smallest absolute Gasteiger partial charge is 0.339 e. The van der Waals surface area contributed by atoms with Gasteiger partial charge in [0.1, 0.15) is 17.4 Å². The second kappa shape index (κ2) is 7.28. The lowest BCUT2D eigenvalue weighted by molar-refractivity contribution is 0.0690. The van der Waals surface area contributed by atoms with Crippen molar-refractivity contribution in [2.45, 2.75) is 6.10 Å². The van der Waals surface area contributed by atoms with Crippen LogP contribution in [-0.2, 0) is 0 Å². The molecule has 0 amide bonds. The molecule has 126 valence electrons. The number of nitrogens with two attached hydrogens (primary N) is 1. The molecule has 0 saturated heterocycles. The molecule has 0 aliphatic heterocycles. The average Bonchev–Trinajstić information content (AvgIpc) is 2.62. The zero-order valence-corrected chi connectivity index (χ0v) is 14.0. The molecule has 0 aromatic heterocycles. The molecule has 0 fully saturated rings. The van der Waals surface area contributed by atoms with E-state index in [1.165, 1.54) is 6.07 Å². The highest BCUT2D eigenvalue weighted by molar-refractivity contribution is 6.30. The number of anilines is 1. The molecule has 0 bridgehead atoms. The Hall–Kier alpha value is -2.98. The molecule has 3 aromatic rings. The van der Waals surface area contributed by atoms with Crippen molar-refractivity contribution in [2.24, 2.45) is 0 Å². The average molecular weight is 354 g/mol. The highest BCUT2D eigenvalue weighted by Crippen LogP contribution is 2.32. The first kappa shape index (κ1) is 16.9. The van der Waals surface area contributed by atoms with E-state index in [1.807, 2.05) is 42.5 Å². The highest BCUT2D eigenvalue weighted by Gasteiger charge is 2.20. The molecule has 1 atom stereocenters. The number of carbonyl (C=O) groups is 1. The van der Waals surface area contributed by atoms with E-state index < -0.39 is 12.1 Å². The summed E-state index contributed by atoms with van der Waals surface area (Å²) in [5.41, 5.74) is 7.86. The monoisotopic (exact) mass is 353 g/mol. The third kappa shape index (κ3) is 3.92. The van der Waals surface area contributed by atoms with Crippen LogP contribution in [0.3, 0.4) is 0 Å². The fraction of sp³-hybridized carbons (Fsp3) is 0.0500. The Bertz CT molecular complexity index is 879. The Labute approximate surface area is 150 Å². The van der Waals surface area contributed by atoms with Crippen molar-refractivity contribution in [1.29, 1.82) is 0 Å². The summed E-state index contributed by atoms with van der Waals surface area (Å²) in [4.78, 5) is 11.5. The van der Waals surface area contributed by atoms with Gasteiger partial charge in [0.05, 0.1) is 0 Å². The standard InChI is InChI=1S/C20H16ClNO3/c21-15-8-6-14(7-9-15)19(13-4-2-1-3-5-13)25-18-11-10-16(22)12-17(18)20(23)24/h1-12,19H,22H2,(H,23,24). The van der Waals surface area contributed by atoms with E-state index in [9.17, 15) is 9.90 Å². The third-order valence-electron chi connectivity index (χ3n) is 3.75. The number of carboxylic acids is 1. The van der Waals surface area contributed by atoms with E-state index in [1.54, 1.807) is 24.3 Å². The summed E-state index contributed by atoms with van der Waals surface area (Å²) >= 11 is 5.97. The van der Waals surface area contributed by atoms with Crippen molar-refractivity contribution in [1.82, 2.24) is 0 Å². The van der Waals surface area contributed by atoms with Crippen LogP contribution >= 0.6 is 11.6 Å². The van der Waals surface area contributed by atoms with Crippen LogP contribution in [0.15, 0.2) is 72.8 Å². The number of carboxylic acid groups (broad SMARTS) is 1. The maximum Gasteiger partial charge on any atom is 0.339 e. The van der Waals surface area contributed by atoms with Gasteiger partial charge in [-0.2, -0.15) is 0 Å². The van der Waals surface area contributed by atoms with Crippen molar-refractivity contribution in [3.8, 4) is 5.75 Å². The number of hydrogen-bond donors (Lipinski definition) is 2. The zero-order chi connectivity index (χ0) is 17.8. The summed E-state index contributed by atoms with van der Waals surface area (Å²) in [6.07, 6.45) is -0.472. The number of halogens is 1. The van der Waals surface area contributed by atoms with E-state index in [0.717, 1.165) is 11.1 Å². The molecule has 0 heterocycles. The topological polar surface area (TPSA) is 72.5 Å². The summed E-state index contributed by atoms with van der Waals surface area (Å²) in [6, 6.07) is 21.4. The van der Waals surface area contributed by atoms with Gasteiger partial charge in [-0.25, -0.2) is 4.79 Å². The fourth-order valence-electron chi connectivity index (χ4n) is 2.54. The first-order chi connectivity index (χ1) is 12.0. The Kier molecular flexibility index (Phi) is 4.91. The van der Waals surface area contributed by atoms with Gasteiger partial charge in [0.25, 0.3) is 0 Å². The Morgan fingerprint density at radius 3 is 2.24 bits per heavy atom. The Balaban J connectivity index is 2.05. The molecular formula is C20H16ClNO3. The van der Waals surface area contributed by atoms with Crippen molar-refractivity contribution in [3.63, 3.8) is 0 Å². The summed E-state index contributed by atoms with van der Waals surface area (Å²) < 4.78 is 6.09. The van der Waals surface area contributed by atoms with Crippen LogP contribution in [0.2, 0.25) is 5.02 Å². The molecule has 0 aliphatic rings. The van der Waals surface area contributed by atoms with Crippen LogP contribution in [0.5, 0.6) is 5.75 Å². The van der Waals surface area contributed by atoms with Gasteiger partial charge in [0.15, 0.2) is 0 Å². The quantitative estimate of drug-likeness (QED) is 0.647. The summed E-state index contributed by atoms with van der Waals surface area (Å²) in [5, 5.41) is 10.0. The number of benzene rings is 3. The molecule has 3 rings (SSSR count). The minimum atomic E-state index is -1.09. The number of rotatable bonds is 5. The van der Waals surface area contributed by atoms with Crippen LogP contribution in [-0.4, -0.2) is 11.1 Å². The van der Waals surface area contributed by atoms with Crippen LogP contribution < -0.4 is 10.5 Å². The third-order valence-corrected chi connectivity index (χ3v) is 4.01. The van der Waals surface area contributed by atoms with Crippen LogP contribution in [0.25, 0.3) is 0 Å². The summed E-state index contributed by atoms with van der Waals surface area (Å²) in [5.74, 6) is -0.837. The minimum Gasteiger partial charge on any atom is -0.480 e. The summed E-state index contributed by atoms with van der Waals surface area (Å²) in [7, 11) is 0. The van der Waals surface area contributed by atoms with E-state index in [2.05, 4.69) is 0 Å². The molecule has 4 nitrogen and oxygen atoms in total. The number of hydrogen-bond acceptors (Lipinski definition) is 3. The maximum atomic E-state index is 11.5. The molecule has 0 saturated carbocycles. The van der Waals surface area contributed by atoms with Crippen LogP contribution in [0.1, 0.15) is 27.6 Å². The van der Waals surface area contributed by atoms with E-state index >= 15 is 0 Å². The lowest BCUT2D eigenvalue weighted by Gasteiger charge is -2.21.